The van der Waals surface area contributed by atoms with Gasteiger partial charge < -0.3 is 10.6 Å². The maximum atomic E-state index is 12.9. The van der Waals surface area contributed by atoms with Crippen LogP contribution in [0.25, 0.3) is 0 Å². The van der Waals surface area contributed by atoms with Crippen molar-refractivity contribution in [2.45, 2.75) is 12.5 Å². The van der Waals surface area contributed by atoms with Crippen LogP contribution in [-0.4, -0.2) is 18.9 Å². The van der Waals surface area contributed by atoms with E-state index in [2.05, 4.69) is 10.6 Å². The molecule has 0 bridgehead atoms. The normalized spacial score (nSPS) is 11.5. The minimum Gasteiger partial charge on any atom is -0.359 e. The molecule has 2 aromatic rings. The Kier molecular flexibility index (Phi) is 5.25. The molecule has 0 aromatic heterocycles. The Balaban J connectivity index is 2.17. The van der Waals surface area contributed by atoms with Crippen molar-refractivity contribution in [3.05, 3.63) is 71.5 Å². The van der Waals surface area contributed by atoms with E-state index in [1.165, 1.54) is 24.3 Å². The molecule has 0 spiro atoms. The second-order valence-corrected chi connectivity index (χ2v) is 4.82. The molecule has 1 unspecified atom stereocenters. The predicted molar refractivity (Wildman–Crippen MR) is 81.7 cm³/mol. The van der Waals surface area contributed by atoms with E-state index in [-0.39, 0.29) is 18.2 Å². The molecule has 22 heavy (non-hydrogen) atoms. The summed E-state index contributed by atoms with van der Waals surface area (Å²) in [7, 11) is 1.55. The van der Waals surface area contributed by atoms with E-state index in [9.17, 15) is 14.0 Å². The summed E-state index contributed by atoms with van der Waals surface area (Å²) in [5.74, 6) is -0.924. The lowest BCUT2D eigenvalue weighted by atomic mass is 10.0. The van der Waals surface area contributed by atoms with Gasteiger partial charge >= 0.3 is 0 Å². The summed E-state index contributed by atoms with van der Waals surface area (Å²) < 4.78 is 12.9. The van der Waals surface area contributed by atoms with Crippen LogP contribution in [0.4, 0.5) is 4.39 Å². The van der Waals surface area contributed by atoms with Crippen molar-refractivity contribution in [1.82, 2.24) is 10.6 Å². The third-order valence-electron chi connectivity index (χ3n) is 3.28. The molecule has 0 saturated carbocycles. The van der Waals surface area contributed by atoms with Gasteiger partial charge in [0.1, 0.15) is 5.82 Å². The highest BCUT2D eigenvalue weighted by Gasteiger charge is 2.18. The maximum Gasteiger partial charge on any atom is 0.251 e. The average molecular weight is 300 g/mol. The number of rotatable bonds is 5. The van der Waals surface area contributed by atoms with Crippen LogP contribution in [0.2, 0.25) is 0 Å². The van der Waals surface area contributed by atoms with Gasteiger partial charge in [-0.2, -0.15) is 0 Å². The van der Waals surface area contributed by atoms with E-state index in [0.29, 0.717) is 5.56 Å². The van der Waals surface area contributed by atoms with Crippen LogP contribution in [-0.2, 0) is 4.79 Å². The van der Waals surface area contributed by atoms with E-state index >= 15 is 0 Å². The molecular formula is C17H17FN2O2. The molecule has 0 heterocycles. The molecule has 0 aliphatic rings. The van der Waals surface area contributed by atoms with Gasteiger partial charge in [0.2, 0.25) is 5.91 Å². The zero-order valence-electron chi connectivity index (χ0n) is 12.2. The summed E-state index contributed by atoms with van der Waals surface area (Å²) >= 11 is 0. The van der Waals surface area contributed by atoms with E-state index in [4.69, 9.17) is 0 Å². The summed E-state index contributed by atoms with van der Waals surface area (Å²) in [4.78, 5) is 23.9. The third kappa shape index (κ3) is 4.15. The van der Waals surface area contributed by atoms with Crippen LogP contribution in [0.5, 0.6) is 0 Å². The summed E-state index contributed by atoms with van der Waals surface area (Å²) in [6.45, 7) is 0. The SMILES string of the molecule is CNC(=O)CC(NC(=O)c1ccc(F)cc1)c1ccccc1. The molecule has 2 N–H and O–H groups in total. The van der Waals surface area contributed by atoms with Gasteiger partial charge in [-0.1, -0.05) is 30.3 Å². The fraction of sp³-hybridized carbons (Fsp3) is 0.176. The minimum absolute atomic E-state index is 0.132. The Bertz CT molecular complexity index is 641. The second-order valence-electron chi connectivity index (χ2n) is 4.82. The summed E-state index contributed by atoms with van der Waals surface area (Å²) in [5, 5.41) is 5.36. The number of hydrogen-bond donors (Lipinski definition) is 2. The third-order valence-corrected chi connectivity index (χ3v) is 3.28. The van der Waals surface area contributed by atoms with E-state index in [0.717, 1.165) is 5.56 Å². The van der Waals surface area contributed by atoms with Gasteiger partial charge in [-0.05, 0) is 29.8 Å². The zero-order chi connectivity index (χ0) is 15.9. The standard InChI is InChI=1S/C17H17FN2O2/c1-19-16(21)11-15(12-5-3-2-4-6-12)20-17(22)13-7-9-14(18)10-8-13/h2-10,15H,11H2,1H3,(H,19,21)(H,20,22). The van der Waals surface area contributed by atoms with Gasteiger partial charge in [0.25, 0.3) is 5.91 Å². The van der Waals surface area contributed by atoms with E-state index in [1.807, 2.05) is 30.3 Å². The highest BCUT2D eigenvalue weighted by molar-refractivity contribution is 5.94. The van der Waals surface area contributed by atoms with Gasteiger partial charge in [-0.3, -0.25) is 9.59 Å². The van der Waals surface area contributed by atoms with Gasteiger partial charge in [-0.25, -0.2) is 4.39 Å². The van der Waals surface area contributed by atoms with Crippen molar-refractivity contribution in [3.63, 3.8) is 0 Å². The molecule has 2 amide bonds. The summed E-state index contributed by atoms with van der Waals surface area (Å²) in [6, 6.07) is 14.1. The van der Waals surface area contributed by atoms with Crippen molar-refractivity contribution in [2.75, 3.05) is 7.05 Å². The molecule has 2 aromatic carbocycles. The van der Waals surface area contributed by atoms with Gasteiger partial charge in [0.15, 0.2) is 0 Å². The number of nitrogens with one attached hydrogen (secondary N) is 2. The first-order valence-corrected chi connectivity index (χ1v) is 6.92. The Labute approximate surface area is 128 Å². The van der Waals surface area contributed by atoms with Crippen LogP contribution < -0.4 is 10.6 Å². The number of hydrogen-bond acceptors (Lipinski definition) is 2. The lowest BCUT2D eigenvalue weighted by molar-refractivity contribution is -0.121. The largest absolute Gasteiger partial charge is 0.359 e. The van der Waals surface area contributed by atoms with Crippen molar-refractivity contribution < 1.29 is 14.0 Å². The molecule has 0 fully saturated rings. The molecule has 0 aliphatic carbocycles. The quantitative estimate of drug-likeness (QED) is 0.891. The molecule has 4 nitrogen and oxygen atoms in total. The Morgan fingerprint density at radius 3 is 2.27 bits per heavy atom. The Morgan fingerprint density at radius 2 is 1.68 bits per heavy atom. The van der Waals surface area contributed by atoms with Crippen LogP contribution >= 0.6 is 0 Å². The highest BCUT2D eigenvalue weighted by Crippen LogP contribution is 2.17. The molecule has 0 radical (unpaired) electrons. The molecule has 1 atom stereocenters. The summed E-state index contributed by atoms with van der Waals surface area (Å²) in [5.41, 5.74) is 1.18. The number of halogens is 1. The molecular weight excluding hydrogens is 283 g/mol. The predicted octanol–water partition coefficient (Wildman–Crippen LogP) is 2.43. The number of carbonyl (C=O) groups is 2. The fourth-order valence-electron chi connectivity index (χ4n) is 2.07. The molecule has 114 valence electrons. The summed E-state index contributed by atoms with van der Waals surface area (Å²) in [6.07, 6.45) is 0.132. The van der Waals surface area contributed by atoms with Crippen molar-refractivity contribution in [2.24, 2.45) is 0 Å². The Morgan fingerprint density at radius 1 is 1.05 bits per heavy atom. The van der Waals surface area contributed by atoms with Crippen molar-refractivity contribution in [3.8, 4) is 0 Å². The monoisotopic (exact) mass is 300 g/mol. The lowest BCUT2D eigenvalue weighted by Crippen LogP contribution is -2.32. The highest BCUT2D eigenvalue weighted by atomic mass is 19.1. The van der Waals surface area contributed by atoms with Gasteiger partial charge in [0, 0.05) is 12.6 Å². The first-order chi connectivity index (χ1) is 10.6. The van der Waals surface area contributed by atoms with Crippen molar-refractivity contribution in [1.29, 1.82) is 0 Å². The lowest BCUT2D eigenvalue weighted by Gasteiger charge is -2.18. The molecule has 2 rings (SSSR count). The smallest absolute Gasteiger partial charge is 0.251 e. The van der Waals surface area contributed by atoms with E-state index < -0.39 is 11.9 Å². The van der Waals surface area contributed by atoms with E-state index in [1.54, 1.807) is 7.05 Å². The maximum absolute atomic E-state index is 12.9. The first-order valence-electron chi connectivity index (χ1n) is 6.92. The molecule has 5 heteroatoms. The number of carbonyl (C=O) groups excluding carboxylic acids is 2. The molecule has 0 aliphatic heterocycles. The minimum atomic E-state index is -0.446. The number of benzene rings is 2. The number of amides is 2. The Hall–Kier alpha value is -2.69. The molecule has 0 saturated heterocycles. The fourth-order valence-corrected chi connectivity index (χ4v) is 2.07. The zero-order valence-corrected chi connectivity index (χ0v) is 12.2. The van der Waals surface area contributed by atoms with Crippen LogP contribution in [0.1, 0.15) is 28.4 Å². The van der Waals surface area contributed by atoms with Crippen molar-refractivity contribution >= 4 is 11.8 Å². The van der Waals surface area contributed by atoms with Gasteiger partial charge in [-0.15, -0.1) is 0 Å². The van der Waals surface area contributed by atoms with Gasteiger partial charge in [0.05, 0.1) is 12.5 Å². The topological polar surface area (TPSA) is 58.2 Å². The van der Waals surface area contributed by atoms with Crippen LogP contribution in [0.15, 0.2) is 54.6 Å². The van der Waals surface area contributed by atoms with Crippen LogP contribution in [0, 0.1) is 5.82 Å². The van der Waals surface area contributed by atoms with Crippen LogP contribution in [0.3, 0.4) is 0 Å². The average Bonchev–Trinajstić information content (AvgIpc) is 2.55. The first kappa shape index (κ1) is 15.7. The second kappa shape index (κ2) is 7.36.